The van der Waals surface area contributed by atoms with E-state index in [0.29, 0.717) is 18.4 Å². The zero-order valence-corrected chi connectivity index (χ0v) is 29.0. The van der Waals surface area contributed by atoms with E-state index in [2.05, 4.69) is 36.9 Å². The molecule has 16 nitrogen and oxygen atoms in total. The quantitative estimate of drug-likeness (QED) is 0.165. The molecule has 0 radical (unpaired) electrons. The van der Waals surface area contributed by atoms with Crippen LogP contribution in [0.25, 0.3) is 10.9 Å². The van der Waals surface area contributed by atoms with Crippen molar-refractivity contribution in [2.45, 2.75) is 63.7 Å². The zero-order valence-electron chi connectivity index (χ0n) is 29.0. The lowest BCUT2D eigenvalue weighted by Crippen LogP contribution is -2.56. The Bertz CT molecular complexity index is 1820. The van der Waals surface area contributed by atoms with Crippen LogP contribution >= 0.6 is 0 Å². The van der Waals surface area contributed by atoms with Crippen LogP contribution in [0, 0.1) is 5.92 Å². The van der Waals surface area contributed by atoms with Crippen LogP contribution < -0.4 is 31.9 Å². The summed E-state index contributed by atoms with van der Waals surface area (Å²) < 4.78 is 0. The molecule has 4 atom stereocenters. The van der Waals surface area contributed by atoms with Gasteiger partial charge in [0.25, 0.3) is 0 Å². The number of hydrogen-bond donors (Lipinski definition) is 8. The third-order valence-electron chi connectivity index (χ3n) is 9.13. The van der Waals surface area contributed by atoms with E-state index in [9.17, 15) is 38.7 Å². The molecule has 52 heavy (non-hydrogen) atoms. The van der Waals surface area contributed by atoms with E-state index in [4.69, 9.17) is 0 Å². The van der Waals surface area contributed by atoms with Gasteiger partial charge in [0.2, 0.25) is 41.4 Å². The number of nitrogens with one attached hydrogen (secondary N) is 7. The minimum atomic E-state index is -1.19. The highest BCUT2D eigenvalue weighted by Gasteiger charge is 2.38. The molecule has 0 aliphatic carbocycles. The standard InChI is InChI=1S/C36H44N8O8/c1-20(2)32-35(51)40-18-29(46)41-26(14-21-9-11-23(45)12-10-21)33(49)38-17-30(47)42-27(15-22-16-37-25-7-4-3-6-24(22)25)36(52)44-13-5-8-28(44)34(50)39-19-31(48)43-32/h3-4,6-7,9-12,16,20,26-28,32,37,45H,5,8,13-15,17-19H2,1-2H3,(H,38,49)(H,39,50)(H,40,51)(H,41,46)(H,42,47)(H,43,48)/t26-,27-,28-,32-/m0/s1. The minimum absolute atomic E-state index is 0.00692. The Hall–Kier alpha value is -5.93. The Kier molecular flexibility index (Phi) is 12.1. The topological polar surface area (TPSA) is 231 Å². The number of rotatable bonds is 5. The van der Waals surface area contributed by atoms with Crippen molar-refractivity contribution in [2.75, 3.05) is 26.2 Å². The predicted octanol–water partition coefficient (Wildman–Crippen LogP) is -0.878. The Morgan fingerprint density at radius 1 is 0.731 bits per heavy atom. The first-order valence-electron chi connectivity index (χ1n) is 17.2. The highest BCUT2D eigenvalue weighted by Crippen LogP contribution is 2.23. The molecule has 0 spiro atoms. The second-order valence-electron chi connectivity index (χ2n) is 13.3. The molecule has 0 saturated carbocycles. The summed E-state index contributed by atoms with van der Waals surface area (Å²) in [6.45, 7) is 2.12. The normalized spacial score (nSPS) is 23.1. The van der Waals surface area contributed by atoms with E-state index in [-0.39, 0.29) is 31.1 Å². The average molecular weight is 717 g/mol. The Balaban J connectivity index is 1.42. The van der Waals surface area contributed by atoms with Crippen molar-refractivity contribution < 1.29 is 38.7 Å². The molecule has 2 aliphatic rings. The maximum Gasteiger partial charge on any atom is 0.246 e. The van der Waals surface area contributed by atoms with Gasteiger partial charge in [0, 0.05) is 36.5 Å². The van der Waals surface area contributed by atoms with Gasteiger partial charge in [-0.1, -0.05) is 44.2 Å². The molecule has 7 amide bonds. The maximum absolute atomic E-state index is 14.1. The van der Waals surface area contributed by atoms with Gasteiger partial charge in [-0.3, -0.25) is 33.6 Å². The fourth-order valence-electron chi connectivity index (χ4n) is 6.40. The molecule has 2 aromatic carbocycles. The number of fused-ring (bicyclic) bond motifs is 2. The number of hydrogen-bond acceptors (Lipinski definition) is 8. The molecule has 3 heterocycles. The van der Waals surface area contributed by atoms with Crippen LogP contribution in [0.4, 0.5) is 0 Å². The van der Waals surface area contributed by atoms with Gasteiger partial charge in [-0.25, -0.2) is 0 Å². The van der Waals surface area contributed by atoms with E-state index in [1.807, 2.05) is 24.3 Å². The lowest BCUT2D eigenvalue weighted by molar-refractivity contribution is -0.141. The van der Waals surface area contributed by atoms with E-state index >= 15 is 0 Å². The number of aromatic hydroxyl groups is 1. The molecule has 0 bridgehead atoms. The number of carbonyl (C=O) groups excluding carboxylic acids is 7. The maximum atomic E-state index is 14.1. The summed E-state index contributed by atoms with van der Waals surface area (Å²) in [6, 6.07) is 9.22. The van der Waals surface area contributed by atoms with Crippen LogP contribution in [0.2, 0.25) is 0 Å². The second kappa shape index (κ2) is 16.9. The van der Waals surface area contributed by atoms with Crippen molar-refractivity contribution in [2.24, 2.45) is 5.92 Å². The van der Waals surface area contributed by atoms with E-state index in [1.165, 1.54) is 17.0 Å². The number of aromatic nitrogens is 1. The molecule has 8 N–H and O–H groups in total. The first-order chi connectivity index (χ1) is 24.9. The molecule has 1 aromatic heterocycles. The van der Waals surface area contributed by atoms with Crippen LogP contribution in [-0.4, -0.2) is 107 Å². The van der Waals surface area contributed by atoms with Gasteiger partial charge in [-0.2, -0.15) is 0 Å². The number of benzene rings is 2. The molecule has 276 valence electrons. The third-order valence-corrected chi connectivity index (χ3v) is 9.13. The fourth-order valence-corrected chi connectivity index (χ4v) is 6.40. The molecule has 2 aliphatic heterocycles. The van der Waals surface area contributed by atoms with Crippen molar-refractivity contribution in [3.05, 3.63) is 65.9 Å². The van der Waals surface area contributed by atoms with Gasteiger partial charge in [0.05, 0.1) is 19.6 Å². The third kappa shape index (κ3) is 9.44. The van der Waals surface area contributed by atoms with E-state index in [1.54, 1.807) is 32.2 Å². The second-order valence-corrected chi connectivity index (χ2v) is 13.3. The molecule has 3 aromatic rings. The summed E-state index contributed by atoms with van der Waals surface area (Å²) >= 11 is 0. The number of H-pyrrole nitrogens is 1. The SMILES string of the molecule is CC(C)[C@@H]1NC(=O)CNC(=O)[C@@H]2CCCN2C(=O)[C@H](Cc2c[nH]c3ccccc23)NC(=O)CNC(=O)[C@H](Cc2ccc(O)cc2)NC(=O)CNC1=O. The predicted molar refractivity (Wildman–Crippen MR) is 188 cm³/mol. The van der Waals surface area contributed by atoms with Crippen molar-refractivity contribution in [3.8, 4) is 5.75 Å². The molecular formula is C36H44N8O8. The first-order valence-corrected chi connectivity index (χ1v) is 17.2. The van der Waals surface area contributed by atoms with Crippen LogP contribution in [-0.2, 0) is 46.4 Å². The van der Waals surface area contributed by atoms with E-state index in [0.717, 1.165) is 16.5 Å². The summed E-state index contributed by atoms with van der Waals surface area (Å²) in [4.78, 5) is 97.8. The Morgan fingerprint density at radius 2 is 1.35 bits per heavy atom. The minimum Gasteiger partial charge on any atom is -0.508 e. The number of para-hydroxylation sites is 1. The van der Waals surface area contributed by atoms with Gasteiger partial charge in [-0.05, 0) is 48.1 Å². The van der Waals surface area contributed by atoms with Gasteiger partial charge >= 0.3 is 0 Å². The number of amides is 7. The molecular weight excluding hydrogens is 672 g/mol. The van der Waals surface area contributed by atoms with Crippen LogP contribution in [0.1, 0.15) is 37.8 Å². The highest BCUT2D eigenvalue weighted by molar-refractivity contribution is 5.97. The monoisotopic (exact) mass is 716 g/mol. The van der Waals surface area contributed by atoms with E-state index < -0.39 is 85.2 Å². The molecule has 5 rings (SSSR count). The summed E-state index contributed by atoms with van der Waals surface area (Å²) in [5.41, 5.74) is 2.18. The number of phenols is 1. The summed E-state index contributed by atoms with van der Waals surface area (Å²) in [7, 11) is 0. The van der Waals surface area contributed by atoms with Crippen molar-refractivity contribution in [3.63, 3.8) is 0 Å². The lowest BCUT2D eigenvalue weighted by atomic mass is 10.0. The summed E-state index contributed by atoms with van der Waals surface area (Å²) in [5, 5.41) is 26.0. The molecule has 2 fully saturated rings. The highest BCUT2D eigenvalue weighted by atomic mass is 16.3. The number of carbonyl (C=O) groups is 7. The Labute approximate surface area is 299 Å². The van der Waals surface area contributed by atoms with Crippen molar-refractivity contribution in [1.82, 2.24) is 41.8 Å². The summed E-state index contributed by atoms with van der Waals surface area (Å²) in [5.74, 6) is -4.86. The van der Waals surface area contributed by atoms with Crippen LogP contribution in [0.3, 0.4) is 0 Å². The lowest BCUT2D eigenvalue weighted by Gasteiger charge is -2.29. The number of nitrogens with zero attached hydrogens (tertiary/aromatic N) is 1. The number of phenolic OH excluding ortho intramolecular Hbond substituents is 1. The fraction of sp³-hybridized carbons (Fsp3) is 0.417. The van der Waals surface area contributed by atoms with Gasteiger partial charge in [0.1, 0.15) is 29.9 Å². The van der Waals surface area contributed by atoms with Gasteiger partial charge in [0.15, 0.2) is 0 Å². The molecule has 16 heteroatoms. The molecule has 2 saturated heterocycles. The van der Waals surface area contributed by atoms with Gasteiger partial charge in [-0.15, -0.1) is 0 Å². The number of aromatic amines is 1. The smallest absolute Gasteiger partial charge is 0.246 e. The van der Waals surface area contributed by atoms with Gasteiger partial charge < -0.3 is 46.9 Å². The zero-order chi connectivity index (χ0) is 37.4. The average Bonchev–Trinajstić information content (AvgIpc) is 3.78. The largest absolute Gasteiger partial charge is 0.508 e. The Morgan fingerprint density at radius 3 is 2.04 bits per heavy atom. The van der Waals surface area contributed by atoms with Crippen LogP contribution in [0.15, 0.2) is 54.7 Å². The molecule has 0 unspecified atom stereocenters. The summed E-state index contributed by atoms with van der Waals surface area (Å²) in [6.07, 6.45) is 2.66. The van der Waals surface area contributed by atoms with Crippen molar-refractivity contribution in [1.29, 1.82) is 0 Å². The first kappa shape index (κ1) is 37.3. The van der Waals surface area contributed by atoms with Crippen molar-refractivity contribution >= 4 is 52.3 Å². The van der Waals surface area contributed by atoms with Crippen LogP contribution in [0.5, 0.6) is 5.75 Å².